The second-order valence-corrected chi connectivity index (χ2v) is 4.54. The van der Waals surface area contributed by atoms with E-state index in [9.17, 15) is 18.0 Å². The second-order valence-electron chi connectivity index (χ2n) is 3.38. The van der Waals surface area contributed by atoms with Crippen LogP contribution in [-0.2, 0) is 0 Å². The van der Waals surface area contributed by atoms with Gasteiger partial charge in [-0.05, 0) is 30.8 Å². The number of carbonyl (C=O) groups excluding carboxylic acids is 1. The van der Waals surface area contributed by atoms with Gasteiger partial charge in [0.15, 0.2) is 5.69 Å². The molecule has 1 amide bonds. The van der Waals surface area contributed by atoms with Crippen molar-refractivity contribution in [2.24, 2.45) is 0 Å². The Morgan fingerprint density at radius 1 is 1.37 bits per heavy atom. The maximum Gasteiger partial charge on any atom is 0.441 e. The van der Waals surface area contributed by atoms with E-state index in [-0.39, 0.29) is 35.7 Å². The Bertz CT molecular complexity index is 410. The predicted molar refractivity (Wildman–Crippen MR) is 67.0 cm³/mol. The average Bonchev–Trinajstić information content (AvgIpc) is 2.34. The molecule has 0 aliphatic carbocycles. The highest BCUT2D eigenvalue weighted by molar-refractivity contribution is 8.00. The largest absolute Gasteiger partial charge is 0.441 e. The molecule has 0 bridgehead atoms. The lowest BCUT2D eigenvalue weighted by molar-refractivity contribution is -0.0327. The lowest BCUT2D eigenvalue weighted by Crippen LogP contribution is -2.24. The van der Waals surface area contributed by atoms with Crippen LogP contribution in [0, 0.1) is 0 Å². The van der Waals surface area contributed by atoms with Gasteiger partial charge in [0.2, 0.25) is 0 Å². The molecule has 1 heterocycles. The molecule has 0 aliphatic heterocycles. The number of thioether (sulfide) groups is 1. The highest BCUT2D eigenvalue weighted by Crippen LogP contribution is 2.29. The van der Waals surface area contributed by atoms with E-state index in [1.54, 1.807) is 6.92 Å². The number of anilines is 1. The second kappa shape index (κ2) is 7.17. The van der Waals surface area contributed by atoms with E-state index >= 15 is 0 Å². The minimum Gasteiger partial charge on any atom is -0.368 e. The summed E-state index contributed by atoms with van der Waals surface area (Å²) < 4.78 is 35.6. The maximum absolute atomic E-state index is 11.9. The van der Waals surface area contributed by atoms with Gasteiger partial charge in [0.1, 0.15) is 5.82 Å². The fourth-order valence-corrected chi connectivity index (χ4v) is 1.58. The molecule has 0 aromatic carbocycles. The Labute approximate surface area is 112 Å². The van der Waals surface area contributed by atoms with Crippen LogP contribution in [-0.4, -0.2) is 40.5 Å². The average molecular weight is 294 g/mol. The SMILES string of the molecule is CCNC(=O)c1ccc(NCCSC(F)(F)F)nn1. The Balaban J connectivity index is 2.38. The molecule has 5 nitrogen and oxygen atoms in total. The minimum atomic E-state index is -4.23. The van der Waals surface area contributed by atoms with Gasteiger partial charge >= 0.3 is 5.51 Å². The monoisotopic (exact) mass is 294 g/mol. The summed E-state index contributed by atoms with van der Waals surface area (Å²) in [6.07, 6.45) is 0. The summed E-state index contributed by atoms with van der Waals surface area (Å²) in [5.74, 6) is -0.131. The zero-order chi connectivity index (χ0) is 14.3. The van der Waals surface area contributed by atoms with Crippen molar-refractivity contribution < 1.29 is 18.0 Å². The van der Waals surface area contributed by atoms with E-state index in [0.29, 0.717) is 12.4 Å². The van der Waals surface area contributed by atoms with Crippen molar-refractivity contribution in [1.29, 1.82) is 0 Å². The summed E-state index contributed by atoms with van der Waals surface area (Å²) in [6, 6.07) is 2.95. The molecule has 1 rings (SSSR count). The van der Waals surface area contributed by atoms with E-state index in [1.807, 2.05) is 0 Å². The van der Waals surface area contributed by atoms with Gasteiger partial charge in [-0.1, -0.05) is 0 Å². The van der Waals surface area contributed by atoms with E-state index in [2.05, 4.69) is 20.8 Å². The molecule has 2 N–H and O–H groups in total. The third-order valence-corrected chi connectivity index (χ3v) is 2.64. The third kappa shape index (κ3) is 6.27. The van der Waals surface area contributed by atoms with E-state index in [4.69, 9.17) is 0 Å². The first-order valence-corrected chi connectivity index (χ1v) is 6.47. The van der Waals surface area contributed by atoms with Crippen LogP contribution in [0.15, 0.2) is 12.1 Å². The van der Waals surface area contributed by atoms with Crippen LogP contribution < -0.4 is 10.6 Å². The van der Waals surface area contributed by atoms with Crippen LogP contribution in [0.3, 0.4) is 0 Å². The first kappa shape index (κ1) is 15.5. The van der Waals surface area contributed by atoms with Crippen LogP contribution in [0.25, 0.3) is 0 Å². The van der Waals surface area contributed by atoms with Gasteiger partial charge in [-0.3, -0.25) is 4.79 Å². The number of nitrogens with zero attached hydrogens (tertiary/aromatic N) is 2. The molecule has 0 spiro atoms. The molecule has 9 heteroatoms. The normalized spacial score (nSPS) is 11.2. The molecule has 1 aromatic heterocycles. The third-order valence-electron chi connectivity index (χ3n) is 1.91. The molecule has 0 fully saturated rings. The quantitative estimate of drug-likeness (QED) is 0.784. The topological polar surface area (TPSA) is 66.9 Å². The number of nitrogens with one attached hydrogen (secondary N) is 2. The van der Waals surface area contributed by atoms with Crippen molar-refractivity contribution in [3.63, 3.8) is 0 Å². The molecule has 0 aliphatic rings. The minimum absolute atomic E-state index is 0.107. The summed E-state index contributed by atoms with van der Waals surface area (Å²) in [7, 11) is 0. The molecular weight excluding hydrogens is 281 g/mol. The molecule has 0 atom stereocenters. The Hall–Kier alpha value is -1.51. The van der Waals surface area contributed by atoms with Gasteiger partial charge in [-0.15, -0.1) is 10.2 Å². The van der Waals surface area contributed by atoms with E-state index < -0.39 is 5.51 Å². The van der Waals surface area contributed by atoms with E-state index in [1.165, 1.54) is 12.1 Å². The fraction of sp³-hybridized carbons (Fsp3) is 0.500. The van der Waals surface area contributed by atoms with Crippen LogP contribution in [0.1, 0.15) is 17.4 Å². The summed E-state index contributed by atoms with van der Waals surface area (Å²) in [5.41, 5.74) is -4.06. The molecular formula is C10H13F3N4OS. The maximum atomic E-state index is 11.9. The van der Waals surface area contributed by atoms with Crippen LogP contribution >= 0.6 is 11.8 Å². The molecule has 19 heavy (non-hydrogen) atoms. The summed E-state index contributed by atoms with van der Waals surface area (Å²) in [5, 5.41) is 12.6. The van der Waals surface area contributed by atoms with Crippen LogP contribution in [0.2, 0.25) is 0 Å². The highest BCUT2D eigenvalue weighted by Gasteiger charge is 2.27. The lowest BCUT2D eigenvalue weighted by atomic mass is 10.3. The number of hydrogen-bond donors (Lipinski definition) is 2. The Morgan fingerprint density at radius 2 is 2.11 bits per heavy atom. The number of hydrogen-bond acceptors (Lipinski definition) is 5. The number of alkyl halides is 3. The van der Waals surface area contributed by atoms with Gasteiger partial charge in [-0.25, -0.2) is 0 Å². The number of aromatic nitrogens is 2. The highest BCUT2D eigenvalue weighted by atomic mass is 32.2. The smallest absolute Gasteiger partial charge is 0.368 e. The number of carbonyl (C=O) groups is 1. The van der Waals surface area contributed by atoms with Crippen molar-refractivity contribution in [3.05, 3.63) is 17.8 Å². The molecule has 0 unspecified atom stereocenters. The molecule has 0 saturated heterocycles. The first-order valence-electron chi connectivity index (χ1n) is 5.49. The van der Waals surface area contributed by atoms with Crippen molar-refractivity contribution in [1.82, 2.24) is 15.5 Å². The van der Waals surface area contributed by atoms with Crippen molar-refractivity contribution in [2.75, 3.05) is 24.2 Å². The summed E-state index contributed by atoms with van der Waals surface area (Å²) in [4.78, 5) is 11.4. The van der Waals surface area contributed by atoms with Crippen molar-refractivity contribution in [3.8, 4) is 0 Å². The zero-order valence-electron chi connectivity index (χ0n) is 10.1. The number of halogens is 3. The van der Waals surface area contributed by atoms with Crippen LogP contribution in [0.4, 0.5) is 19.0 Å². The predicted octanol–water partition coefficient (Wildman–Crippen LogP) is 1.89. The van der Waals surface area contributed by atoms with Gasteiger partial charge < -0.3 is 10.6 Å². The standard InChI is InChI=1S/C10H13F3N4OS/c1-2-14-9(18)7-3-4-8(17-16-7)15-5-6-19-10(11,12)13/h3-4H,2,5-6H2,1H3,(H,14,18)(H,15,17). The summed E-state index contributed by atoms with van der Waals surface area (Å²) in [6.45, 7) is 2.37. The number of amides is 1. The Morgan fingerprint density at radius 3 is 2.63 bits per heavy atom. The fourth-order valence-electron chi connectivity index (χ4n) is 1.14. The zero-order valence-corrected chi connectivity index (χ0v) is 10.9. The number of rotatable bonds is 6. The molecule has 0 radical (unpaired) electrons. The Kier molecular flexibility index (Phi) is 5.87. The molecule has 0 saturated carbocycles. The lowest BCUT2D eigenvalue weighted by Gasteiger charge is -2.07. The first-order chi connectivity index (χ1) is 8.92. The van der Waals surface area contributed by atoms with Gasteiger partial charge in [0.25, 0.3) is 5.91 Å². The van der Waals surface area contributed by atoms with Gasteiger partial charge in [0.05, 0.1) is 0 Å². The molecule has 106 valence electrons. The molecule has 1 aromatic rings. The van der Waals surface area contributed by atoms with Gasteiger partial charge in [0, 0.05) is 18.8 Å². The summed E-state index contributed by atoms with van der Waals surface area (Å²) >= 11 is -0.107. The van der Waals surface area contributed by atoms with Crippen molar-refractivity contribution >= 4 is 23.5 Å². The van der Waals surface area contributed by atoms with Crippen LogP contribution in [0.5, 0.6) is 0 Å². The van der Waals surface area contributed by atoms with Gasteiger partial charge in [-0.2, -0.15) is 13.2 Å². The van der Waals surface area contributed by atoms with E-state index in [0.717, 1.165) is 0 Å². The van der Waals surface area contributed by atoms with Crippen molar-refractivity contribution in [2.45, 2.75) is 12.4 Å².